The lowest BCUT2D eigenvalue weighted by atomic mass is 9.75. The van der Waals surface area contributed by atoms with Gasteiger partial charge in [-0.15, -0.1) is 0 Å². The third-order valence-corrected chi connectivity index (χ3v) is 5.97. The molecule has 2 nitrogen and oxygen atoms in total. The number of hydrogen-bond donors (Lipinski definition) is 1. The van der Waals surface area contributed by atoms with Crippen LogP contribution in [-0.4, -0.2) is 17.5 Å². The molecule has 1 atom stereocenters. The molecule has 1 N–H and O–H groups in total. The van der Waals surface area contributed by atoms with Crippen LogP contribution in [0.25, 0.3) is 0 Å². The molecule has 0 saturated heterocycles. The maximum Gasteiger partial charge on any atom is 0.157 e. The van der Waals surface area contributed by atoms with E-state index < -0.39 is 0 Å². The Bertz CT molecular complexity index is 506. The van der Waals surface area contributed by atoms with Crippen LogP contribution in [0, 0.1) is 11.2 Å². The Hall–Kier alpha value is -1.03. The van der Waals surface area contributed by atoms with E-state index in [1.165, 1.54) is 50.0 Å². The fraction of sp³-hybridized carbons (Fsp3) is 0.588. The molecule has 1 aliphatic heterocycles. The highest BCUT2D eigenvalue weighted by atomic mass is 32.2. The number of rotatable bonds is 2. The summed E-state index contributed by atoms with van der Waals surface area (Å²) in [6.45, 7) is 3.07. The number of aliphatic imine (C=N–C) groups is 1. The van der Waals surface area contributed by atoms with Crippen molar-refractivity contribution in [1.82, 2.24) is 5.32 Å². The first-order chi connectivity index (χ1) is 10.2. The van der Waals surface area contributed by atoms with E-state index in [0.717, 1.165) is 17.3 Å². The second kappa shape index (κ2) is 6.39. The van der Waals surface area contributed by atoms with Crippen LogP contribution in [0.3, 0.4) is 0 Å². The van der Waals surface area contributed by atoms with Gasteiger partial charge in [0.2, 0.25) is 0 Å². The molecule has 1 aromatic rings. The van der Waals surface area contributed by atoms with E-state index in [4.69, 9.17) is 4.99 Å². The summed E-state index contributed by atoms with van der Waals surface area (Å²) in [5, 5.41) is 4.51. The summed E-state index contributed by atoms with van der Waals surface area (Å²) in [6, 6.07) is 6.87. The van der Waals surface area contributed by atoms with E-state index >= 15 is 0 Å². The molecule has 2 aliphatic rings. The van der Waals surface area contributed by atoms with Gasteiger partial charge >= 0.3 is 0 Å². The minimum atomic E-state index is -0.186. The summed E-state index contributed by atoms with van der Waals surface area (Å²) >= 11 is 1.86. The number of benzene rings is 1. The van der Waals surface area contributed by atoms with Crippen molar-refractivity contribution < 1.29 is 4.39 Å². The molecule has 21 heavy (non-hydrogen) atoms. The van der Waals surface area contributed by atoms with Crippen molar-refractivity contribution in [3.8, 4) is 0 Å². The van der Waals surface area contributed by atoms with Crippen molar-refractivity contribution in [2.24, 2.45) is 10.4 Å². The highest BCUT2D eigenvalue weighted by Crippen LogP contribution is 2.41. The Morgan fingerprint density at radius 1 is 1.19 bits per heavy atom. The van der Waals surface area contributed by atoms with Crippen molar-refractivity contribution in [2.45, 2.75) is 45.1 Å². The molecular formula is C17H23FN2S. The molecule has 1 aromatic carbocycles. The molecule has 1 fully saturated rings. The zero-order valence-electron chi connectivity index (χ0n) is 12.6. The zero-order chi connectivity index (χ0) is 14.7. The number of amidine groups is 1. The van der Waals surface area contributed by atoms with Crippen molar-refractivity contribution in [3.63, 3.8) is 0 Å². The second-order valence-corrected chi connectivity index (χ2v) is 7.35. The lowest BCUT2D eigenvalue weighted by Gasteiger charge is -2.38. The first-order valence-electron chi connectivity index (χ1n) is 7.86. The lowest BCUT2D eigenvalue weighted by molar-refractivity contribution is 0.232. The van der Waals surface area contributed by atoms with Gasteiger partial charge in [-0.2, -0.15) is 0 Å². The van der Waals surface area contributed by atoms with Crippen LogP contribution < -0.4 is 5.32 Å². The van der Waals surface area contributed by atoms with Crippen LogP contribution in [0.1, 0.15) is 50.6 Å². The molecule has 1 spiro atoms. The van der Waals surface area contributed by atoms with Crippen LogP contribution in [-0.2, 0) is 0 Å². The lowest BCUT2D eigenvalue weighted by Crippen LogP contribution is -2.37. The molecule has 1 heterocycles. The Balaban J connectivity index is 1.59. The first-order valence-corrected chi connectivity index (χ1v) is 8.85. The van der Waals surface area contributed by atoms with E-state index in [9.17, 15) is 4.39 Å². The molecule has 1 saturated carbocycles. The Morgan fingerprint density at radius 2 is 1.90 bits per heavy atom. The molecule has 1 unspecified atom stereocenters. The van der Waals surface area contributed by atoms with Crippen molar-refractivity contribution >= 4 is 16.9 Å². The largest absolute Gasteiger partial charge is 0.358 e. The van der Waals surface area contributed by atoms with Gasteiger partial charge in [0.25, 0.3) is 0 Å². The maximum absolute atomic E-state index is 13.0. The monoisotopic (exact) mass is 306 g/mol. The Morgan fingerprint density at radius 3 is 2.52 bits per heavy atom. The fourth-order valence-corrected chi connectivity index (χ4v) is 4.50. The van der Waals surface area contributed by atoms with E-state index in [1.807, 2.05) is 23.9 Å². The molecule has 4 heteroatoms. The third kappa shape index (κ3) is 3.60. The number of thioether (sulfide) groups is 1. The minimum absolute atomic E-state index is 0.164. The molecule has 0 radical (unpaired) electrons. The van der Waals surface area contributed by atoms with E-state index in [2.05, 4.69) is 12.2 Å². The van der Waals surface area contributed by atoms with Gasteiger partial charge in [-0.3, -0.25) is 4.99 Å². The van der Waals surface area contributed by atoms with Gasteiger partial charge < -0.3 is 5.32 Å². The normalized spacial score (nSPS) is 22.7. The summed E-state index contributed by atoms with van der Waals surface area (Å²) in [5.41, 5.74) is 1.56. The van der Waals surface area contributed by atoms with Gasteiger partial charge in [-0.1, -0.05) is 43.2 Å². The topological polar surface area (TPSA) is 24.4 Å². The predicted molar refractivity (Wildman–Crippen MR) is 88.2 cm³/mol. The Kier molecular flexibility index (Phi) is 4.53. The van der Waals surface area contributed by atoms with Gasteiger partial charge in [0.1, 0.15) is 5.82 Å². The smallest absolute Gasteiger partial charge is 0.157 e. The van der Waals surface area contributed by atoms with Gasteiger partial charge in [-0.25, -0.2) is 4.39 Å². The highest BCUT2D eigenvalue weighted by molar-refractivity contribution is 8.13. The molecule has 0 amide bonds. The first kappa shape index (κ1) is 14.9. The number of halogens is 1. The minimum Gasteiger partial charge on any atom is -0.358 e. The fourth-order valence-electron chi connectivity index (χ4n) is 3.26. The van der Waals surface area contributed by atoms with Crippen LogP contribution in [0.2, 0.25) is 0 Å². The average molecular weight is 306 g/mol. The van der Waals surface area contributed by atoms with Gasteiger partial charge in [-0.05, 0) is 42.9 Å². The van der Waals surface area contributed by atoms with Crippen LogP contribution >= 0.6 is 11.8 Å². The molecule has 114 valence electrons. The summed E-state index contributed by atoms with van der Waals surface area (Å²) in [4.78, 5) is 4.78. The van der Waals surface area contributed by atoms with Gasteiger partial charge in [0.15, 0.2) is 5.17 Å². The summed E-state index contributed by atoms with van der Waals surface area (Å²) in [7, 11) is 0. The molecule has 1 aliphatic carbocycles. The number of hydrogen-bond acceptors (Lipinski definition) is 3. The molecule has 0 aromatic heterocycles. The second-order valence-electron chi connectivity index (χ2n) is 6.39. The van der Waals surface area contributed by atoms with Gasteiger partial charge in [0.05, 0.1) is 6.04 Å². The summed E-state index contributed by atoms with van der Waals surface area (Å²) < 4.78 is 13.0. The van der Waals surface area contributed by atoms with Crippen molar-refractivity contribution in [1.29, 1.82) is 0 Å². The van der Waals surface area contributed by atoms with E-state index in [1.54, 1.807) is 0 Å². The molecular weight excluding hydrogens is 283 g/mol. The van der Waals surface area contributed by atoms with Crippen molar-refractivity contribution in [2.75, 3.05) is 12.3 Å². The summed E-state index contributed by atoms with van der Waals surface area (Å²) in [5.74, 6) is 1.00. The third-order valence-electron chi connectivity index (χ3n) is 4.70. The zero-order valence-corrected chi connectivity index (χ0v) is 13.4. The summed E-state index contributed by atoms with van der Waals surface area (Å²) in [6.07, 6.45) is 6.80. The SMILES string of the molecule is CC(NC1=NCC2(CCCCC2)CS1)c1ccc(F)cc1. The Labute approximate surface area is 130 Å². The number of nitrogens with zero attached hydrogens (tertiary/aromatic N) is 1. The quantitative estimate of drug-likeness (QED) is 0.868. The average Bonchev–Trinajstić information content (AvgIpc) is 2.51. The van der Waals surface area contributed by atoms with Crippen LogP contribution in [0.5, 0.6) is 0 Å². The van der Waals surface area contributed by atoms with Crippen LogP contribution in [0.4, 0.5) is 4.39 Å². The molecule has 3 rings (SSSR count). The molecule has 0 bridgehead atoms. The van der Waals surface area contributed by atoms with Crippen molar-refractivity contribution in [3.05, 3.63) is 35.6 Å². The van der Waals surface area contributed by atoms with E-state index in [0.29, 0.717) is 5.41 Å². The highest BCUT2D eigenvalue weighted by Gasteiger charge is 2.35. The maximum atomic E-state index is 13.0. The predicted octanol–water partition coefficient (Wildman–Crippen LogP) is 4.53. The standard InChI is InChI=1S/C17H23FN2S/c1-13(14-5-7-15(18)8-6-14)20-16-19-11-17(12-21-16)9-3-2-4-10-17/h5-8,13H,2-4,9-12H2,1H3,(H,19,20). The van der Waals surface area contributed by atoms with Gasteiger partial charge in [0, 0.05) is 12.3 Å². The van der Waals surface area contributed by atoms with Crippen LogP contribution in [0.15, 0.2) is 29.3 Å². The van der Waals surface area contributed by atoms with E-state index in [-0.39, 0.29) is 11.9 Å². The number of nitrogens with one attached hydrogen (secondary N) is 1.